The lowest BCUT2D eigenvalue weighted by Crippen LogP contribution is -2.30. The second-order valence-electron chi connectivity index (χ2n) is 7.51. The van der Waals surface area contributed by atoms with Gasteiger partial charge in [0.15, 0.2) is 0 Å². The number of ketones is 1. The zero-order valence-corrected chi connectivity index (χ0v) is 18.6. The summed E-state index contributed by atoms with van der Waals surface area (Å²) in [5, 5.41) is 11.8. The molecule has 0 saturated carbocycles. The van der Waals surface area contributed by atoms with Crippen molar-refractivity contribution in [2.45, 2.75) is 19.9 Å². The highest BCUT2D eigenvalue weighted by molar-refractivity contribution is 6.52. The number of hydrogen-bond acceptors (Lipinski definition) is 5. The number of ether oxygens (including phenoxy) is 1. The number of aliphatic hydroxyl groups excluding tert-OH is 1. The second kappa shape index (κ2) is 8.48. The molecule has 1 saturated heterocycles. The number of aromatic nitrogens is 1. The van der Waals surface area contributed by atoms with Crippen LogP contribution in [-0.2, 0) is 9.59 Å². The lowest BCUT2D eigenvalue weighted by Gasteiger charge is -2.26. The number of halogens is 1. The highest BCUT2D eigenvalue weighted by atomic mass is 35.5. The van der Waals surface area contributed by atoms with E-state index in [2.05, 4.69) is 4.98 Å². The van der Waals surface area contributed by atoms with Crippen LogP contribution in [0.15, 0.2) is 66.4 Å². The first-order valence-corrected chi connectivity index (χ1v) is 10.3. The van der Waals surface area contributed by atoms with Crippen molar-refractivity contribution in [3.05, 3.63) is 93.8 Å². The van der Waals surface area contributed by atoms with Gasteiger partial charge in [0.05, 0.1) is 23.9 Å². The molecule has 1 aliphatic heterocycles. The number of Topliss-reactive ketones (excluding diaryl/α,β-unsaturated/α-hetero) is 1. The van der Waals surface area contributed by atoms with Crippen LogP contribution in [0.3, 0.4) is 0 Å². The Morgan fingerprint density at radius 1 is 1.09 bits per heavy atom. The molecule has 3 aromatic rings. The lowest BCUT2D eigenvalue weighted by atomic mass is 9.96. The molecule has 0 bridgehead atoms. The average molecular weight is 449 g/mol. The quantitative estimate of drug-likeness (QED) is 0.345. The molecule has 1 unspecified atom stereocenters. The summed E-state index contributed by atoms with van der Waals surface area (Å²) in [6.45, 7) is 3.64. The Morgan fingerprint density at radius 3 is 2.56 bits per heavy atom. The standard InChI is InChI=1S/C25H21ClN2O4/c1-14-10-11-20(32-3)16(13-14)23(29)21-22(18-8-4-5-12-27-18)28(25(31)24(21)30)19-9-6-7-17(26)15(19)2/h4-13,22,29H,1-3H3/b23-21+. The van der Waals surface area contributed by atoms with Crippen molar-refractivity contribution in [3.8, 4) is 5.75 Å². The third kappa shape index (κ3) is 3.52. The molecule has 1 fully saturated rings. The minimum atomic E-state index is -0.932. The lowest BCUT2D eigenvalue weighted by molar-refractivity contribution is -0.132. The number of carbonyl (C=O) groups is 2. The largest absolute Gasteiger partial charge is 0.507 e. The van der Waals surface area contributed by atoms with Gasteiger partial charge >= 0.3 is 0 Å². The van der Waals surface area contributed by atoms with Gasteiger partial charge in [-0.15, -0.1) is 0 Å². The average Bonchev–Trinajstić information content (AvgIpc) is 3.06. The Bertz CT molecular complexity index is 1250. The molecular weight excluding hydrogens is 428 g/mol. The molecular formula is C25H21ClN2O4. The van der Waals surface area contributed by atoms with Crippen LogP contribution in [0.1, 0.15) is 28.4 Å². The van der Waals surface area contributed by atoms with Crippen LogP contribution < -0.4 is 9.64 Å². The Balaban J connectivity index is 2.01. The van der Waals surface area contributed by atoms with E-state index in [4.69, 9.17) is 16.3 Å². The van der Waals surface area contributed by atoms with E-state index in [1.165, 1.54) is 12.0 Å². The highest BCUT2D eigenvalue weighted by Crippen LogP contribution is 2.44. The van der Waals surface area contributed by atoms with Gasteiger partial charge in [0, 0.05) is 16.9 Å². The fraction of sp³-hybridized carbons (Fsp3) is 0.160. The van der Waals surface area contributed by atoms with Crippen LogP contribution in [-0.4, -0.2) is 28.9 Å². The maximum absolute atomic E-state index is 13.3. The van der Waals surface area contributed by atoms with E-state index in [0.717, 1.165) is 5.56 Å². The maximum atomic E-state index is 13.3. The number of rotatable bonds is 4. The van der Waals surface area contributed by atoms with Gasteiger partial charge in [-0.1, -0.05) is 35.4 Å². The van der Waals surface area contributed by atoms with E-state index in [-0.39, 0.29) is 11.3 Å². The van der Waals surface area contributed by atoms with Crippen LogP contribution in [0, 0.1) is 13.8 Å². The molecule has 1 N–H and O–H groups in total. The van der Waals surface area contributed by atoms with E-state index < -0.39 is 17.7 Å². The fourth-order valence-electron chi connectivity index (χ4n) is 3.91. The van der Waals surface area contributed by atoms with Gasteiger partial charge in [0.2, 0.25) is 0 Å². The van der Waals surface area contributed by atoms with Crippen molar-refractivity contribution >= 4 is 34.7 Å². The number of nitrogens with zero attached hydrogens (tertiary/aromatic N) is 2. The molecule has 1 amide bonds. The summed E-state index contributed by atoms with van der Waals surface area (Å²) in [6, 6.07) is 14.7. The van der Waals surface area contributed by atoms with Gasteiger partial charge in [-0.2, -0.15) is 0 Å². The van der Waals surface area contributed by atoms with Crippen molar-refractivity contribution in [3.63, 3.8) is 0 Å². The first kappa shape index (κ1) is 21.6. The summed E-state index contributed by atoms with van der Waals surface area (Å²) in [4.78, 5) is 32.2. The fourth-order valence-corrected chi connectivity index (χ4v) is 4.08. The zero-order valence-electron chi connectivity index (χ0n) is 17.8. The SMILES string of the molecule is COc1ccc(C)cc1/C(O)=C1\C(=O)C(=O)N(c2cccc(Cl)c2C)C1c1ccccn1. The third-order valence-electron chi connectivity index (χ3n) is 5.52. The topological polar surface area (TPSA) is 79.7 Å². The molecule has 0 radical (unpaired) electrons. The summed E-state index contributed by atoms with van der Waals surface area (Å²) in [7, 11) is 1.48. The van der Waals surface area contributed by atoms with Crippen LogP contribution in [0.25, 0.3) is 5.76 Å². The van der Waals surface area contributed by atoms with Crippen molar-refractivity contribution in [1.29, 1.82) is 0 Å². The minimum absolute atomic E-state index is 0.0584. The Labute approximate surface area is 190 Å². The zero-order chi connectivity index (χ0) is 23.0. The second-order valence-corrected chi connectivity index (χ2v) is 7.92. The van der Waals surface area contributed by atoms with Crippen LogP contribution in [0.2, 0.25) is 5.02 Å². The molecule has 2 aromatic carbocycles. The summed E-state index contributed by atoms with van der Waals surface area (Å²) in [5.74, 6) is -1.50. The predicted octanol–water partition coefficient (Wildman–Crippen LogP) is 4.99. The Kier molecular flexibility index (Phi) is 5.72. The van der Waals surface area contributed by atoms with Gasteiger partial charge in [0.25, 0.3) is 11.7 Å². The van der Waals surface area contributed by atoms with Gasteiger partial charge in [-0.25, -0.2) is 0 Å². The molecule has 7 heteroatoms. The highest BCUT2D eigenvalue weighted by Gasteiger charge is 2.48. The summed E-state index contributed by atoms with van der Waals surface area (Å²) in [6.07, 6.45) is 1.58. The van der Waals surface area contributed by atoms with E-state index in [9.17, 15) is 14.7 Å². The molecule has 1 atom stereocenters. The molecule has 162 valence electrons. The number of carbonyl (C=O) groups excluding carboxylic acids is 2. The van der Waals surface area contributed by atoms with Crippen LogP contribution in [0.5, 0.6) is 5.75 Å². The molecule has 0 spiro atoms. The maximum Gasteiger partial charge on any atom is 0.300 e. The first-order chi connectivity index (χ1) is 15.3. The van der Waals surface area contributed by atoms with Crippen LogP contribution in [0.4, 0.5) is 5.69 Å². The van der Waals surface area contributed by atoms with E-state index in [1.54, 1.807) is 61.7 Å². The Hall–Kier alpha value is -3.64. The third-order valence-corrected chi connectivity index (χ3v) is 5.93. The number of pyridine rings is 1. The molecule has 32 heavy (non-hydrogen) atoms. The molecule has 1 aliphatic rings. The molecule has 4 rings (SSSR count). The number of amides is 1. The smallest absolute Gasteiger partial charge is 0.300 e. The van der Waals surface area contributed by atoms with E-state index >= 15 is 0 Å². The number of hydrogen-bond donors (Lipinski definition) is 1. The summed E-state index contributed by atoms with van der Waals surface area (Å²) >= 11 is 6.31. The normalized spacial score (nSPS) is 17.6. The van der Waals surface area contributed by atoms with Gasteiger partial charge < -0.3 is 9.84 Å². The summed E-state index contributed by atoms with van der Waals surface area (Å²) in [5.41, 5.74) is 2.70. The molecule has 6 nitrogen and oxygen atoms in total. The van der Waals surface area contributed by atoms with E-state index in [0.29, 0.717) is 33.3 Å². The number of aliphatic hydroxyl groups is 1. The number of methoxy groups -OCH3 is 1. The van der Waals surface area contributed by atoms with Crippen molar-refractivity contribution in [2.24, 2.45) is 0 Å². The Morgan fingerprint density at radius 2 is 1.88 bits per heavy atom. The number of aryl methyl sites for hydroxylation is 1. The van der Waals surface area contributed by atoms with Crippen molar-refractivity contribution in [1.82, 2.24) is 4.98 Å². The summed E-state index contributed by atoms with van der Waals surface area (Å²) < 4.78 is 5.39. The van der Waals surface area contributed by atoms with Crippen molar-refractivity contribution < 1.29 is 19.4 Å². The van der Waals surface area contributed by atoms with E-state index in [1.807, 2.05) is 13.0 Å². The van der Waals surface area contributed by atoms with Crippen LogP contribution >= 0.6 is 11.6 Å². The number of benzene rings is 2. The van der Waals surface area contributed by atoms with Crippen molar-refractivity contribution in [2.75, 3.05) is 12.0 Å². The van der Waals surface area contributed by atoms with Gasteiger partial charge in [-0.3, -0.25) is 19.5 Å². The van der Waals surface area contributed by atoms with Gasteiger partial charge in [-0.05, 0) is 55.8 Å². The molecule has 2 heterocycles. The number of anilines is 1. The minimum Gasteiger partial charge on any atom is -0.507 e. The monoisotopic (exact) mass is 448 g/mol. The molecule has 0 aliphatic carbocycles. The first-order valence-electron chi connectivity index (χ1n) is 9.97. The van der Waals surface area contributed by atoms with Gasteiger partial charge in [0.1, 0.15) is 17.6 Å². The predicted molar refractivity (Wildman–Crippen MR) is 123 cm³/mol. The molecule has 1 aromatic heterocycles.